The third-order valence-corrected chi connectivity index (χ3v) is 5.77. The molecule has 1 aliphatic heterocycles. The van der Waals surface area contributed by atoms with Crippen molar-refractivity contribution in [2.45, 2.75) is 53.4 Å². The van der Waals surface area contributed by atoms with Gasteiger partial charge < -0.3 is 9.80 Å². The maximum Gasteiger partial charge on any atom is 0.269 e. The van der Waals surface area contributed by atoms with Gasteiger partial charge in [-0.15, -0.1) is 0 Å². The highest BCUT2D eigenvalue weighted by molar-refractivity contribution is 5.76. The molecular weight excluding hydrogens is 406 g/mol. The first-order valence-corrected chi connectivity index (χ1v) is 11.3. The van der Waals surface area contributed by atoms with Crippen molar-refractivity contribution in [3.05, 3.63) is 57.0 Å². The Hall–Kier alpha value is -3.03. The van der Waals surface area contributed by atoms with Crippen LogP contribution in [0.15, 0.2) is 24.3 Å². The van der Waals surface area contributed by atoms with Gasteiger partial charge in [0.1, 0.15) is 11.6 Å². The molecule has 32 heavy (non-hydrogen) atoms. The maximum absolute atomic E-state index is 12.5. The van der Waals surface area contributed by atoms with Gasteiger partial charge in [0.05, 0.1) is 4.92 Å². The summed E-state index contributed by atoms with van der Waals surface area (Å²) in [6.07, 6.45) is 1.18. The second kappa shape index (κ2) is 10.1. The van der Waals surface area contributed by atoms with Gasteiger partial charge in [-0.25, -0.2) is 9.97 Å². The number of nitro groups is 1. The van der Waals surface area contributed by atoms with Crippen LogP contribution in [0.3, 0.4) is 0 Å². The monoisotopic (exact) mass is 439 g/mol. The number of aryl methyl sites for hydroxylation is 1. The minimum absolute atomic E-state index is 0.0827. The molecule has 0 radical (unpaired) electrons. The maximum atomic E-state index is 12.5. The molecular formula is C24H33N5O3. The molecule has 0 unspecified atom stereocenters. The Morgan fingerprint density at radius 1 is 1.06 bits per heavy atom. The minimum atomic E-state index is -0.388. The Morgan fingerprint density at radius 3 is 2.22 bits per heavy atom. The van der Waals surface area contributed by atoms with Gasteiger partial charge in [-0.05, 0) is 18.4 Å². The molecule has 1 aliphatic rings. The summed E-state index contributed by atoms with van der Waals surface area (Å²) in [4.78, 5) is 36.9. The van der Waals surface area contributed by atoms with Crippen molar-refractivity contribution in [2.75, 3.05) is 31.1 Å². The molecule has 1 aromatic carbocycles. The fourth-order valence-electron chi connectivity index (χ4n) is 3.91. The fraction of sp³-hybridized carbons (Fsp3) is 0.542. The van der Waals surface area contributed by atoms with Crippen LogP contribution < -0.4 is 4.90 Å². The van der Waals surface area contributed by atoms with Crippen LogP contribution in [0.2, 0.25) is 0 Å². The molecule has 0 bridgehead atoms. The molecule has 0 aliphatic carbocycles. The Labute approximate surface area is 189 Å². The molecule has 172 valence electrons. The van der Waals surface area contributed by atoms with Crippen molar-refractivity contribution in [3.8, 4) is 0 Å². The van der Waals surface area contributed by atoms with Gasteiger partial charge >= 0.3 is 0 Å². The number of piperazine rings is 1. The van der Waals surface area contributed by atoms with Crippen molar-refractivity contribution in [3.63, 3.8) is 0 Å². The van der Waals surface area contributed by atoms with Crippen LogP contribution in [0.5, 0.6) is 0 Å². The molecule has 8 nitrogen and oxygen atoms in total. The predicted octanol–water partition coefficient (Wildman–Crippen LogP) is 4.10. The summed E-state index contributed by atoms with van der Waals surface area (Å²) >= 11 is 0. The number of benzene rings is 1. The zero-order chi connectivity index (χ0) is 23.4. The molecule has 0 spiro atoms. The minimum Gasteiger partial charge on any atom is -0.353 e. The molecule has 1 fully saturated rings. The molecule has 8 heteroatoms. The molecule has 1 aromatic heterocycles. The predicted molar refractivity (Wildman–Crippen MR) is 125 cm³/mol. The lowest BCUT2D eigenvalue weighted by molar-refractivity contribution is -0.384. The van der Waals surface area contributed by atoms with Gasteiger partial charge in [-0.1, -0.05) is 39.8 Å². The number of hydrogen-bond donors (Lipinski definition) is 0. The van der Waals surface area contributed by atoms with Gasteiger partial charge in [-0.3, -0.25) is 14.9 Å². The fourth-order valence-corrected chi connectivity index (χ4v) is 3.91. The van der Waals surface area contributed by atoms with Crippen molar-refractivity contribution in [2.24, 2.45) is 5.92 Å². The first kappa shape index (κ1) is 23.6. The van der Waals surface area contributed by atoms with E-state index in [1.807, 2.05) is 11.8 Å². The average molecular weight is 440 g/mol. The van der Waals surface area contributed by atoms with Crippen LogP contribution in [0.4, 0.5) is 11.5 Å². The van der Waals surface area contributed by atoms with E-state index >= 15 is 0 Å². The lowest BCUT2D eigenvalue weighted by atomic mass is 10.0. The molecule has 0 saturated carbocycles. The number of nitro benzene ring substituents is 1. The van der Waals surface area contributed by atoms with Gasteiger partial charge in [0.25, 0.3) is 5.69 Å². The van der Waals surface area contributed by atoms with Crippen LogP contribution in [0, 0.1) is 23.0 Å². The average Bonchev–Trinajstić information content (AvgIpc) is 2.75. The summed E-state index contributed by atoms with van der Waals surface area (Å²) < 4.78 is 0. The summed E-state index contributed by atoms with van der Waals surface area (Å²) in [5, 5.41) is 11.0. The van der Waals surface area contributed by atoms with E-state index in [0.29, 0.717) is 31.8 Å². The number of hydrogen-bond acceptors (Lipinski definition) is 6. The third-order valence-electron chi connectivity index (χ3n) is 5.77. The lowest BCUT2D eigenvalue weighted by Crippen LogP contribution is -2.49. The van der Waals surface area contributed by atoms with Gasteiger partial charge in [0.2, 0.25) is 5.91 Å². The first-order chi connectivity index (χ1) is 15.2. The van der Waals surface area contributed by atoms with Gasteiger partial charge in [0, 0.05) is 68.3 Å². The molecule has 1 saturated heterocycles. The molecule has 3 rings (SSSR count). The van der Waals surface area contributed by atoms with Gasteiger partial charge in [0.15, 0.2) is 0 Å². The Morgan fingerprint density at radius 2 is 1.69 bits per heavy atom. The molecule has 0 atom stereocenters. The van der Waals surface area contributed by atoms with E-state index in [9.17, 15) is 14.9 Å². The summed E-state index contributed by atoms with van der Waals surface area (Å²) in [5.41, 5.74) is 3.02. The Balaban J connectivity index is 1.85. The number of amides is 1. The highest BCUT2D eigenvalue weighted by atomic mass is 16.6. The van der Waals surface area contributed by atoms with Crippen molar-refractivity contribution < 1.29 is 9.72 Å². The van der Waals surface area contributed by atoms with Crippen LogP contribution in [0.25, 0.3) is 0 Å². The first-order valence-electron chi connectivity index (χ1n) is 11.3. The largest absolute Gasteiger partial charge is 0.353 e. The topological polar surface area (TPSA) is 92.5 Å². The van der Waals surface area contributed by atoms with Crippen LogP contribution >= 0.6 is 0 Å². The normalized spacial score (nSPS) is 14.3. The second-order valence-corrected chi connectivity index (χ2v) is 9.19. The quantitative estimate of drug-likeness (QED) is 0.476. The number of carbonyl (C=O) groups is 1. The number of nitrogens with zero attached hydrogens (tertiary/aromatic N) is 5. The highest BCUT2D eigenvalue weighted by Crippen LogP contribution is 2.28. The Bertz CT molecular complexity index is 964. The van der Waals surface area contributed by atoms with E-state index in [-0.39, 0.29) is 22.4 Å². The van der Waals surface area contributed by atoms with E-state index in [1.54, 1.807) is 12.1 Å². The summed E-state index contributed by atoms with van der Waals surface area (Å²) in [5.74, 6) is 2.49. The van der Waals surface area contributed by atoms with Crippen molar-refractivity contribution in [1.29, 1.82) is 0 Å². The smallest absolute Gasteiger partial charge is 0.269 e. The van der Waals surface area contributed by atoms with Gasteiger partial charge in [-0.2, -0.15) is 0 Å². The highest BCUT2D eigenvalue weighted by Gasteiger charge is 2.25. The van der Waals surface area contributed by atoms with E-state index in [0.717, 1.165) is 41.6 Å². The van der Waals surface area contributed by atoms with Crippen LogP contribution in [-0.2, 0) is 11.2 Å². The summed E-state index contributed by atoms with van der Waals surface area (Å²) in [6, 6.07) is 6.65. The SMILES string of the molecule is Cc1nc(C(C)C)nc(N2CCN(C(=O)CC(C)C)CC2)c1Cc1ccc([N+](=O)[O-])cc1. The number of non-ortho nitro benzene ring substituents is 1. The van der Waals surface area contributed by atoms with Crippen molar-refractivity contribution in [1.82, 2.24) is 14.9 Å². The summed E-state index contributed by atoms with van der Waals surface area (Å²) in [6.45, 7) is 13.1. The lowest BCUT2D eigenvalue weighted by Gasteiger charge is -2.37. The number of carbonyl (C=O) groups excluding carboxylic acids is 1. The standard InChI is InChI=1S/C24H33N5O3/c1-16(2)14-22(30)27-10-12-28(13-11-27)24-21(18(5)25-23(26-24)17(3)4)15-19-6-8-20(9-7-19)29(31)32/h6-9,16-17H,10-15H2,1-5H3. The van der Waals surface area contributed by atoms with Crippen LogP contribution in [0.1, 0.15) is 62.7 Å². The number of aromatic nitrogens is 2. The molecule has 1 amide bonds. The molecule has 2 heterocycles. The third kappa shape index (κ3) is 5.60. The summed E-state index contributed by atoms with van der Waals surface area (Å²) in [7, 11) is 0. The zero-order valence-electron chi connectivity index (χ0n) is 19.7. The van der Waals surface area contributed by atoms with E-state index in [4.69, 9.17) is 9.97 Å². The van der Waals surface area contributed by atoms with Crippen molar-refractivity contribution >= 4 is 17.4 Å². The number of anilines is 1. The second-order valence-electron chi connectivity index (χ2n) is 9.19. The zero-order valence-corrected chi connectivity index (χ0v) is 19.7. The Kier molecular flexibility index (Phi) is 7.43. The molecule has 0 N–H and O–H groups in total. The number of rotatable bonds is 7. The molecule has 2 aromatic rings. The van der Waals surface area contributed by atoms with E-state index in [2.05, 4.69) is 32.6 Å². The van der Waals surface area contributed by atoms with E-state index < -0.39 is 0 Å². The van der Waals surface area contributed by atoms with E-state index in [1.165, 1.54) is 12.1 Å². The van der Waals surface area contributed by atoms with Crippen LogP contribution in [-0.4, -0.2) is 51.9 Å².